The molecule has 1 amide bonds. The van der Waals surface area contributed by atoms with Crippen molar-refractivity contribution in [3.63, 3.8) is 0 Å². The van der Waals surface area contributed by atoms with Crippen molar-refractivity contribution in [2.75, 3.05) is 19.4 Å². The van der Waals surface area contributed by atoms with Crippen LogP contribution in [0.15, 0.2) is 12.3 Å². The standard InChI is InChI=1S/C11H15N3O2/c1-16-11-9(4-8(12)6-14-11)10(15)13-5-7-2-3-7/h4,6-7H,2-3,5,12H2,1H3,(H,13,15). The number of rotatable bonds is 4. The molecule has 1 aromatic heterocycles. The van der Waals surface area contributed by atoms with Crippen LogP contribution in [0.3, 0.4) is 0 Å². The molecule has 16 heavy (non-hydrogen) atoms. The Bertz CT molecular complexity index is 402. The molecule has 1 fully saturated rings. The largest absolute Gasteiger partial charge is 0.480 e. The van der Waals surface area contributed by atoms with Gasteiger partial charge < -0.3 is 15.8 Å². The SMILES string of the molecule is COc1ncc(N)cc1C(=O)NCC1CC1. The topological polar surface area (TPSA) is 77.2 Å². The average Bonchev–Trinajstić information content (AvgIpc) is 3.09. The minimum absolute atomic E-state index is 0.177. The number of pyridine rings is 1. The molecule has 0 spiro atoms. The molecule has 1 aliphatic carbocycles. The molecular weight excluding hydrogens is 206 g/mol. The first kappa shape index (κ1) is 10.7. The summed E-state index contributed by atoms with van der Waals surface area (Å²) in [5, 5.41) is 2.85. The van der Waals surface area contributed by atoms with E-state index in [0.717, 1.165) is 6.54 Å². The zero-order chi connectivity index (χ0) is 11.5. The van der Waals surface area contributed by atoms with Gasteiger partial charge in [0.05, 0.1) is 19.0 Å². The third-order valence-electron chi connectivity index (χ3n) is 2.56. The number of hydrogen-bond acceptors (Lipinski definition) is 4. The first-order valence-corrected chi connectivity index (χ1v) is 5.28. The minimum atomic E-state index is -0.177. The molecule has 0 bridgehead atoms. The van der Waals surface area contributed by atoms with Crippen LogP contribution >= 0.6 is 0 Å². The van der Waals surface area contributed by atoms with Crippen molar-refractivity contribution in [2.45, 2.75) is 12.8 Å². The predicted octanol–water partition coefficient (Wildman–Crippen LogP) is 0.812. The van der Waals surface area contributed by atoms with Gasteiger partial charge in [0.25, 0.3) is 5.91 Å². The van der Waals surface area contributed by atoms with Gasteiger partial charge in [-0.15, -0.1) is 0 Å². The van der Waals surface area contributed by atoms with Gasteiger partial charge in [0.15, 0.2) is 0 Å². The zero-order valence-corrected chi connectivity index (χ0v) is 9.19. The predicted molar refractivity (Wildman–Crippen MR) is 60.3 cm³/mol. The van der Waals surface area contributed by atoms with Gasteiger partial charge >= 0.3 is 0 Å². The zero-order valence-electron chi connectivity index (χ0n) is 9.19. The summed E-state index contributed by atoms with van der Waals surface area (Å²) in [4.78, 5) is 15.8. The number of methoxy groups -OCH3 is 1. The first-order valence-electron chi connectivity index (χ1n) is 5.28. The number of nitrogen functional groups attached to an aromatic ring is 1. The molecule has 0 radical (unpaired) electrons. The third kappa shape index (κ3) is 2.42. The Kier molecular flexibility index (Phi) is 2.94. The molecule has 0 saturated heterocycles. The van der Waals surface area contributed by atoms with Crippen LogP contribution in [0.5, 0.6) is 5.88 Å². The van der Waals surface area contributed by atoms with E-state index < -0.39 is 0 Å². The lowest BCUT2D eigenvalue weighted by atomic mass is 10.2. The van der Waals surface area contributed by atoms with E-state index in [1.54, 1.807) is 6.07 Å². The number of aromatic nitrogens is 1. The minimum Gasteiger partial charge on any atom is -0.480 e. The van der Waals surface area contributed by atoms with Crippen LogP contribution in [0.1, 0.15) is 23.2 Å². The number of amides is 1. The molecule has 2 rings (SSSR count). The van der Waals surface area contributed by atoms with Crippen LogP contribution in [0.4, 0.5) is 5.69 Å². The molecular formula is C11H15N3O2. The van der Waals surface area contributed by atoms with Crippen molar-refractivity contribution in [1.82, 2.24) is 10.3 Å². The Hall–Kier alpha value is -1.78. The van der Waals surface area contributed by atoms with Crippen molar-refractivity contribution in [3.05, 3.63) is 17.8 Å². The summed E-state index contributed by atoms with van der Waals surface area (Å²) in [5.41, 5.74) is 6.44. The fourth-order valence-electron chi connectivity index (χ4n) is 1.45. The van der Waals surface area contributed by atoms with Crippen molar-refractivity contribution in [3.8, 4) is 5.88 Å². The molecule has 0 atom stereocenters. The van der Waals surface area contributed by atoms with Crippen molar-refractivity contribution >= 4 is 11.6 Å². The van der Waals surface area contributed by atoms with Crippen molar-refractivity contribution in [1.29, 1.82) is 0 Å². The molecule has 1 heterocycles. The fraction of sp³-hybridized carbons (Fsp3) is 0.455. The summed E-state index contributed by atoms with van der Waals surface area (Å²) in [5.74, 6) is 0.773. The van der Waals surface area contributed by atoms with E-state index in [1.165, 1.54) is 26.1 Å². The number of anilines is 1. The molecule has 1 aliphatic rings. The summed E-state index contributed by atoms with van der Waals surface area (Å²) < 4.78 is 5.02. The Balaban J connectivity index is 2.09. The Morgan fingerprint density at radius 3 is 3.06 bits per heavy atom. The van der Waals surface area contributed by atoms with Crippen LogP contribution in [0.25, 0.3) is 0 Å². The summed E-state index contributed by atoms with van der Waals surface area (Å²) in [6.07, 6.45) is 3.87. The number of nitrogens with one attached hydrogen (secondary N) is 1. The van der Waals surface area contributed by atoms with Gasteiger partial charge in [0.1, 0.15) is 5.56 Å². The van der Waals surface area contributed by atoms with Gasteiger partial charge in [-0.25, -0.2) is 4.98 Å². The third-order valence-corrected chi connectivity index (χ3v) is 2.56. The maximum Gasteiger partial charge on any atom is 0.256 e. The van der Waals surface area contributed by atoms with Gasteiger partial charge in [0, 0.05) is 6.54 Å². The van der Waals surface area contributed by atoms with Crippen LogP contribution in [0, 0.1) is 5.92 Å². The highest BCUT2D eigenvalue weighted by molar-refractivity contribution is 5.97. The second kappa shape index (κ2) is 4.38. The lowest BCUT2D eigenvalue weighted by Crippen LogP contribution is -2.26. The van der Waals surface area contributed by atoms with Crippen molar-refractivity contribution in [2.24, 2.45) is 5.92 Å². The molecule has 1 saturated carbocycles. The molecule has 5 heteroatoms. The van der Waals surface area contributed by atoms with Gasteiger partial charge in [-0.05, 0) is 24.8 Å². The van der Waals surface area contributed by atoms with Gasteiger partial charge in [0.2, 0.25) is 5.88 Å². The quantitative estimate of drug-likeness (QED) is 0.788. The highest BCUT2D eigenvalue weighted by atomic mass is 16.5. The number of nitrogens with zero attached hydrogens (tertiary/aromatic N) is 1. The van der Waals surface area contributed by atoms with Gasteiger partial charge in [-0.3, -0.25) is 4.79 Å². The van der Waals surface area contributed by atoms with E-state index in [4.69, 9.17) is 10.5 Å². The monoisotopic (exact) mass is 221 g/mol. The summed E-state index contributed by atoms with van der Waals surface area (Å²) in [7, 11) is 1.48. The molecule has 0 aromatic carbocycles. The van der Waals surface area contributed by atoms with Crippen LogP contribution in [-0.4, -0.2) is 24.5 Å². The molecule has 3 N–H and O–H groups in total. The maximum atomic E-state index is 11.8. The van der Waals surface area contributed by atoms with Gasteiger partial charge in [-0.2, -0.15) is 0 Å². The van der Waals surface area contributed by atoms with Crippen molar-refractivity contribution < 1.29 is 9.53 Å². The van der Waals surface area contributed by atoms with E-state index in [9.17, 15) is 4.79 Å². The maximum absolute atomic E-state index is 11.8. The lowest BCUT2D eigenvalue weighted by Gasteiger charge is -2.08. The summed E-state index contributed by atoms with van der Waals surface area (Å²) >= 11 is 0. The number of nitrogens with two attached hydrogens (primary N) is 1. The smallest absolute Gasteiger partial charge is 0.256 e. The van der Waals surface area contributed by atoms with Crippen LogP contribution < -0.4 is 15.8 Å². The molecule has 86 valence electrons. The van der Waals surface area contributed by atoms with E-state index in [0.29, 0.717) is 23.0 Å². The number of carbonyl (C=O) groups excluding carboxylic acids is 1. The number of ether oxygens (including phenoxy) is 1. The molecule has 5 nitrogen and oxygen atoms in total. The second-order valence-corrected chi connectivity index (χ2v) is 3.98. The highest BCUT2D eigenvalue weighted by Crippen LogP contribution is 2.27. The Labute approximate surface area is 94.0 Å². The van der Waals surface area contributed by atoms with Crippen LogP contribution in [-0.2, 0) is 0 Å². The second-order valence-electron chi connectivity index (χ2n) is 3.98. The molecule has 1 aromatic rings. The first-order chi connectivity index (χ1) is 7.70. The van der Waals surface area contributed by atoms with E-state index in [2.05, 4.69) is 10.3 Å². The Morgan fingerprint density at radius 1 is 1.69 bits per heavy atom. The average molecular weight is 221 g/mol. The summed E-state index contributed by atoms with van der Waals surface area (Å²) in [6.45, 7) is 0.719. The number of carbonyl (C=O) groups is 1. The molecule has 0 unspecified atom stereocenters. The van der Waals surface area contributed by atoms with Crippen LogP contribution in [0.2, 0.25) is 0 Å². The highest BCUT2D eigenvalue weighted by Gasteiger charge is 2.23. The summed E-state index contributed by atoms with van der Waals surface area (Å²) in [6, 6.07) is 1.58. The normalized spacial score (nSPS) is 14.6. The van der Waals surface area contributed by atoms with Gasteiger partial charge in [-0.1, -0.05) is 0 Å². The van der Waals surface area contributed by atoms with E-state index >= 15 is 0 Å². The van der Waals surface area contributed by atoms with E-state index in [-0.39, 0.29) is 5.91 Å². The van der Waals surface area contributed by atoms with E-state index in [1.807, 2.05) is 0 Å². The number of hydrogen-bond donors (Lipinski definition) is 2. The lowest BCUT2D eigenvalue weighted by molar-refractivity contribution is 0.0948. The molecule has 0 aliphatic heterocycles. The Morgan fingerprint density at radius 2 is 2.44 bits per heavy atom. The fourth-order valence-corrected chi connectivity index (χ4v) is 1.45.